The summed E-state index contributed by atoms with van der Waals surface area (Å²) in [6, 6.07) is 1.84. The van der Waals surface area contributed by atoms with Crippen LogP contribution in [0.1, 0.15) is 0 Å². The van der Waals surface area contributed by atoms with Crippen LogP contribution >= 0.6 is 43.5 Å². The summed E-state index contributed by atoms with van der Waals surface area (Å²) >= 11 is 12.1. The molecule has 2 rings (SSSR count). The van der Waals surface area contributed by atoms with Gasteiger partial charge in [-0.05, 0) is 49.5 Å². The zero-order valence-electron chi connectivity index (χ0n) is 6.54. The van der Waals surface area contributed by atoms with Gasteiger partial charge >= 0.3 is 5.35 Å². The van der Waals surface area contributed by atoms with E-state index in [1.807, 2.05) is 6.07 Å². The van der Waals surface area contributed by atoms with Gasteiger partial charge in [0.05, 0.1) is 0 Å². The molecule has 4 nitrogen and oxygen atoms in total. The van der Waals surface area contributed by atoms with E-state index in [0.29, 0.717) is 11.5 Å². The number of hydrogen-bond acceptors (Lipinski definition) is 4. The highest BCUT2D eigenvalue weighted by molar-refractivity contribution is 9.11. The number of nitrogens with zero attached hydrogens (tertiary/aromatic N) is 3. The van der Waals surface area contributed by atoms with E-state index in [-0.39, 0.29) is 5.35 Å². The fraction of sp³-hybridized carbons (Fsp3) is 0. The van der Waals surface area contributed by atoms with E-state index in [2.05, 4.69) is 51.5 Å². The van der Waals surface area contributed by atoms with Gasteiger partial charge in [-0.25, -0.2) is 0 Å². The van der Waals surface area contributed by atoms with Crippen molar-refractivity contribution in [2.24, 2.45) is 0 Å². The Kier molecular flexibility index (Phi) is 2.85. The van der Waals surface area contributed by atoms with Crippen molar-refractivity contribution in [2.45, 2.75) is 0 Å². The molecule has 2 aromatic heterocycles. The Hall–Kier alpha value is -0.460. The third kappa shape index (κ3) is 1.97. The molecule has 72 valence electrons. The third-order valence-corrected chi connectivity index (χ3v) is 2.61. The van der Waals surface area contributed by atoms with Gasteiger partial charge in [-0.1, -0.05) is 5.16 Å². The maximum atomic E-state index is 5.50. The maximum absolute atomic E-state index is 5.50. The predicted molar refractivity (Wildman–Crippen MR) is 57.9 cm³/mol. The van der Waals surface area contributed by atoms with Gasteiger partial charge in [0, 0.05) is 15.1 Å². The molecule has 0 radical (unpaired) electrons. The maximum Gasteiger partial charge on any atom is 0.320 e. The molecular formula is C7H2Br2ClN3O. The third-order valence-electron chi connectivity index (χ3n) is 1.42. The second-order valence-electron chi connectivity index (χ2n) is 2.35. The first-order valence-corrected chi connectivity index (χ1v) is 5.44. The first-order valence-electron chi connectivity index (χ1n) is 3.47. The van der Waals surface area contributed by atoms with Gasteiger partial charge in [0.1, 0.15) is 5.69 Å². The van der Waals surface area contributed by atoms with Crippen molar-refractivity contribution in [1.29, 1.82) is 0 Å². The SMILES string of the molecule is Clc1nc(-c2ncc(Br)cc2Br)no1. The summed E-state index contributed by atoms with van der Waals surface area (Å²) in [5.41, 5.74) is 0.587. The molecule has 0 unspecified atom stereocenters. The number of pyridine rings is 1. The van der Waals surface area contributed by atoms with Gasteiger partial charge in [-0.2, -0.15) is 4.98 Å². The second kappa shape index (κ2) is 3.96. The van der Waals surface area contributed by atoms with Crippen molar-refractivity contribution >= 4 is 43.5 Å². The fourth-order valence-electron chi connectivity index (χ4n) is 0.880. The van der Waals surface area contributed by atoms with Crippen LogP contribution in [-0.4, -0.2) is 15.1 Å². The molecule has 0 fully saturated rings. The van der Waals surface area contributed by atoms with E-state index in [9.17, 15) is 0 Å². The van der Waals surface area contributed by atoms with Gasteiger partial charge in [0.25, 0.3) is 0 Å². The minimum absolute atomic E-state index is 0.00313. The molecule has 2 heterocycles. The lowest BCUT2D eigenvalue weighted by Crippen LogP contribution is -1.87. The van der Waals surface area contributed by atoms with Crippen LogP contribution in [0.25, 0.3) is 11.5 Å². The van der Waals surface area contributed by atoms with Crippen LogP contribution in [0.3, 0.4) is 0 Å². The van der Waals surface area contributed by atoms with Crippen LogP contribution in [0.5, 0.6) is 0 Å². The molecule has 0 amide bonds. The monoisotopic (exact) mass is 337 g/mol. The number of aromatic nitrogens is 3. The van der Waals surface area contributed by atoms with Gasteiger partial charge < -0.3 is 4.52 Å². The van der Waals surface area contributed by atoms with E-state index in [1.165, 1.54) is 0 Å². The lowest BCUT2D eigenvalue weighted by atomic mass is 10.3. The van der Waals surface area contributed by atoms with E-state index < -0.39 is 0 Å². The Morgan fingerprint density at radius 1 is 1.36 bits per heavy atom. The van der Waals surface area contributed by atoms with Crippen LogP contribution in [0.15, 0.2) is 25.7 Å². The Morgan fingerprint density at radius 3 is 2.71 bits per heavy atom. The van der Waals surface area contributed by atoms with E-state index in [0.717, 1.165) is 8.95 Å². The second-order valence-corrected chi connectivity index (χ2v) is 4.45. The molecule has 0 aliphatic carbocycles. The number of hydrogen-bond donors (Lipinski definition) is 0. The molecule has 0 aromatic carbocycles. The molecule has 2 aromatic rings. The quantitative estimate of drug-likeness (QED) is 0.800. The van der Waals surface area contributed by atoms with Crippen molar-refractivity contribution in [2.75, 3.05) is 0 Å². The predicted octanol–water partition coefficient (Wildman–Crippen LogP) is 3.31. The lowest BCUT2D eigenvalue weighted by molar-refractivity contribution is 0.420. The molecule has 0 aliphatic rings. The van der Waals surface area contributed by atoms with Gasteiger partial charge in [0.15, 0.2) is 0 Å². The molecule has 0 spiro atoms. The highest BCUT2D eigenvalue weighted by Gasteiger charge is 2.11. The Balaban J connectivity index is 2.52. The topological polar surface area (TPSA) is 51.8 Å². The Labute approximate surface area is 101 Å². The van der Waals surface area contributed by atoms with Gasteiger partial charge in [-0.15, -0.1) is 0 Å². The van der Waals surface area contributed by atoms with Crippen LogP contribution in [0.4, 0.5) is 0 Å². The Bertz CT molecular complexity index is 474. The molecule has 0 bridgehead atoms. The first kappa shape index (κ1) is 10.1. The number of rotatable bonds is 1. The van der Waals surface area contributed by atoms with Gasteiger partial charge in [0.2, 0.25) is 5.82 Å². The molecule has 0 N–H and O–H groups in total. The van der Waals surface area contributed by atoms with Crippen molar-refractivity contribution in [3.63, 3.8) is 0 Å². The summed E-state index contributed by atoms with van der Waals surface area (Å²) in [5.74, 6) is 0.356. The minimum atomic E-state index is -0.00313. The van der Waals surface area contributed by atoms with E-state index >= 15 is 0 Å². The summed E-state index contributed by atoms with van der Waals surface area (Å²) in [5, 5.41) is 3.65. The molecule has 14 heavy (non-hydrogen) atoms. The van der Waals surface area contributed by atoms with Gasteiger partial charge in [-0.3, -0.25) is 4.98 Å². The summed E-state index contributed by atoms with van der Waals surface area (Å²) in [4.78, 5) is 7.98. The average molecular weight is 339 g/mol. The summed E-state index contributed by atoms with van der Waals surface area (Å²) in [6.07, 6.45) is 1.64. The summed E-state index contributed by atoms with van der Waals surface area (Å²) in [7, 11) is 0. The van der Waals surface area contributed by atoms with E-state index in [1.54, 1.807) is 6.20 Å². The largest absolute Gasteiger partial charge is 0.321 e. The smallest absolute Gasteiger partial charge is 0.320 e. The molecule has 0 saturated heterocycles. The number of halogens is 3. The molecule has 7 heteroatoms. The molecule has 0 aliphatic heterocycles. The zero-order chi connectivity index (χ0) is 10.1. The van der Waals surface area contributed by atoms with Crippen LogP contribution in [-0.2, 0) is 0 Å². The summed E-state index contributed by atoms with van der Waals surface area (Å²) < 4.78 is 6.27. The minimum Gasteiger partial charge on any atom is -0.321 e. The van der Waals surface area contributed by atoms with Crippen molar-refractivity contribution in [1.82, 2.24) is 15.1 Å². The lowest BCUT2D eigenvalue weighted by Gasteiger charge is -1.97. The van der Waals surface area contributed by atoms with Crippen molar-refractivity contribution in [3.05, 3.63) is 26.6 Å². The Morgan fingerprint density at radius 2 is 2.14 bits per heavy atom. The fourth-order valence-corrected chi connectivity index (χ4v) is 2.16. The van der Waals surface area contributed by atoms with E-state index in [4.69, 9.17) is 11.6 Å². The highest BCUT2D eigenvalue weighted by Crippen LogP contribution is 2.26. The highest BCUT2D eigenvalue weighted by atomic mass is 79.9. The van der Waals surface area contributed by atoms with Crippen molar-refractivity contribution < 1.29 is 4.52 Å². The standard InChI is InChI=1S/C7H2Br2ClN3O/c8-3-1-4(9)5(11-2-3)6-12-7(10)14-13-6/h1-2H. The summed E-state index contributed by atoms with van der Waals surface area (Å²) in [6.45, 7) is 0. The zero-order valence-corrected chi connectivity index (χ0v) is 10.5. The molecule has 0 atom stereocenters. The van der Waals surface area contributed by atoms with Crippen molar-refractivity contribution in [3.8, 4) is 11.5 Å². The first-order chi connectivity index (χ1) is 6.66. The molecular weight excluding hydrogens is 337 g/mol. The normalized spacial score (nSPS) is 10.5. The van der Waals surface area contributed by atoms with Crippen LogP contribution in [0, 0.1) is 0 Å². The van der Waals surface area contributed by atoms with Crippen LogP contribution in [0.2, 0.25) is 5.35 Å². The van der Waals surface area contributed by atoms with Crippen LogP contribution < -0.4 is 0 Å². The molecule has 0 saturated carbocycles. The average Bonchev–Trinajstić information content (AvgIpc) is 2.51.